The zero-order valence-electron chi connectivity index (χ0n) is 13.2. The summed E-state index contributed by atoms with van der Waals surface area (Å²) in [4.78, 5) is 3.97. The second-order valence-corrected chi connectivity index (χ2v) is 6.28. The highest BCUT2D eigenvalue weighted by Crippen LogP contribution is 2.36. The van der Waals surface area contributed by atoms with E-state index in [4.69, 9.17) is 0 Å². The van der Waals surface area contributed by atoms with E-state index in [1.54, 1.807) is 12.4 Å². The lowest BCUT2D eigenvalue weighted by atomic mass is 9.91. The number of hydrogen-bond donors (Lipinski definition) is 2. The van der Waals surface area contributed by atoms with Crippen LogP contribution in [0.3, 0.4) is 0 Å². The Morgan fingerprint density at radius 2 is 1.70 bits per heavy atom. The molecular formula is C19H23FN2O. The van der Waals surface area contributed by atoms with Crippen molar-refractivity contribution in [2.24, 2.45) is 5.92 Å². The Kier molecular flexibility index (Phi) is 5.36. The summed E-state index contributed by atoms with van der Waals surface area (Å²) < 4.78 is 13.2. The Bertz CT molecular complexity index is 597. The Morgan fingerprint density at radius 3 is 2.35 bits per heavy atom. The van der Waals surface area contributed by atoms with Crippen molar-refractivity contribution in [1.29, 1.82) is 0 Å². The molecule has 2 unspecified atom stereocenters. The van der Waals surface area contributed by atoms with Crippen molar-refractivity contribution < 1.29 is 9.50 Å². The predicted octanol–water partition coefficient (Wildman–Crippen LogP) is 3.78. The molecule has 0 bridgehead atoms. The smallest absolute Gasteiger partial charge is 0.123 e. The Hall–Kier alpha value is -1.78. The van der Waals surface area contributed by atoms with Crippen LogP contribution >= 0.6 is 0 Å². The lowest BCUT2D eigenvalue weighted by Crippen LogP contribution is -2.31. The van der Waals surface area contributed by atoms with Gasteiger partial charge in [-0.05, 0) is 54.2 Å². The van der Waals surface area contributed by atoms with Crippen molar-refractivity contribution in [1.82, 2.24) is 10.3 Å². The van der Waals surface area contributed by atoms with Gasteiger partial charge in [-0.1, -0.05) is 25.0 Å². The van der Waals surface area contributed by atoms with Gasteiger partial charge in [0.05, 0.1) is 6.10 Å². The van der Waals surface area contributed by atoms with Crippen LogP contribution in [0.25, 0.3) is 0 Å². The standard InChI is InChI=1S/C19H23FN2O/c20-17-7-5-16(6-8-17)19(15-3-1-2-4-15)22-13-18(23)14-9-11-21-12-10-14/h5-12,15,18-19,22-23H,1-4,13H2. The first kappa shape index (κ1) is 16.1. The Labute approximate surface area is 136 Å². The van der Waals surface area contributed by atoms with Crippen LogP contribution in [-0.2, 0) is 0 Å². The normalized spacial score (nSPS) is 18.0. The first-order valence-electron chi connectivity index (χ1n) is 8.31. The molecule has 1 aromatic carbocycles. The molecule has 1 saturated carbocycles. The van der Waals surface area contributed by atoms with Crippen LogP contribution in [-0.4, -0.2) is 16.6 Å². The first-order valence-corrected chi connectivity index (χ1v) is 8.31. The van der Waals surface area contributed by atoms with Crippen molar-refractivity contribution in [2.75, 3.05) is 6.54 Å². The number of hydrogen-bond acceptors (Lipinski definition) is 3. The van der Waals surface area contributed by atoms with E-state index in [1.165, 1.54) is 37.8 Å². The van der Waals surface area contributed by atoms with Gasteiger partial charge in [-0.25, -0.2) is 4.39 Å². The van der Waals surface area contributed by atoms with Gasteiger partial charge < -0.3 is 10.4 Å². The Morgan fingerprint density at radius 1 is 1.04 bits per heavy atom. The number of aromatic nitrogens is 1. The number of aliphatic hydroxyl groups excluding tert-OH is 1. The number of pyridine rings is 1. The summed E-state index contributed by atoms with van der Waals surface area (Å²) in [5.74, 6) is 0.334. The van der Waals surface area contributed by atoms with Gasteiger partial charge in [-0.15, -0.1) is 0 Å². The topological polar surface area (TPSA) is 45.1 Å². The molecule has 1 fully saturated rings. The van der Waals surface area contributed by atoms with Gasteiger partial charge in [0.25, 0.3) is 0 Å². The van der Waals surface area contributed by atoms with Crippen LogP contribution in [0.1, 0.15) is 49.0 Å². The molecule has 0 spiro atoms. The van der Waals surface area contributed by atoms with Crippen molar-refractivity contribution in [2.45, 2.75) is 37.8 Å². The predicted molar refractivity (Wildman–Crippen MR) is 88.3 cm³/mol. The van der Waals surface area contributed by atoms with Gasteiger partial charge in [0.1, 0.15) is 5.82 Å². The average molecular weight is 314 g/mol. The van der Waals surface area contributed by atoms with E-state index in [0.717, 1.165) is 11.1 Å². The molecule has 1 aliphatic carbocycles. The molecule has 0 radical (unpaired) electrons. The quantitative estimate of drug-likeness (QED) is 0.853. The molecule has 23 heavy (non-hydrogen) atoms. The molecule has 3 nitrogen and oxygen atoms in total. The highest BCUT2D eigenvalue weighted by atomic mass is 19.1. The minimum absolute atomic E-state index is 0.162. The fourth-order valence-electron chi connectivity index (χ4n) is 3.46. The van der Waals surface area contributed by atoms with E-state index in [2.05, 4.69) is 10.3 Å². The maximum atomic E-state index is 13.2. The minimum atomic E-state index is -0.567. The van der Waals surface area contributed by atoms with Gasteiger partial charge in [0, 0.05) is 25.0 Å². The van der Waals surface area contributed by atoms with Gasteiger partial charge >= 0.3 is 0 Å². The number of rotatable bonds is 6. The summed E-state index contributed by atoms with van der Waals surface area (Å²) in [5.41, 5.74) is 1.96. The van der Waals surface area contributed by atoms with Gasteiger partial charge in [0.15, 0.2) is 0 Å². The molecule has 0 amide bonds. The molecule has 4 heteroatoms. The number of nitrogens with zero attached hydrogens (tertiary/aromatic N) is 1. The second-order valence-electron chi connectivity index (χ2n) is 6.28. The lowest BCUT2D eigenvalue weighted by molar-refractivity contribution is 0.163. The van der Waals surface area contributed by atoms with Crippen LogP contribution in [0.15, 0.2) is 48.8 Å². The summed E-state index contributed by atoms with van der Waals surface area (Å²) in [6.45, 7) is 0.475. The highest BCUT2D eigenvalue weighted by molar-refractivity contribution is 5.21. The second kappa shape index (κ2) is 7.66. The minimum Gasteiger partial charge on any atom is -0.387 e. The monoisotopic (exact) mass is 314 g/mol. The number of aliphatic hydroxyl groups is 1. The maximum absolute atomic E-state index is 13.2. The molecule has 122 valence electrons. The molecule has 2 atom stereocenters. The van der Waals surface area contributed by atoms with Gasteiger partial charge in [0.2, 0.25) is 0 Å². The fourth-order valence-corrected chi connectivity index (χ4v) is 3.46. The lowest BCUT2D eigenvalue weighted by Gasteiger charge is -2.27. The van der Waals surface area contributed by atoms with E-state index < -0.39 is 6.10 Å². The van der Waals surface area contributed by atoms with Crippen molar-refractivity contribution >= 4 is 0 Å². The average Bonchev–Trinajstić information content (AvgIpc) is 3.11. The zero-order chi connectivity index (χ0) is 16.1. The highest BCUT2D eigenvalue weighted by Gasteiger charge is 2.26. The van der Waals surface area contributed by atoms with Gasteiger partial charge in [-0.3, -0.25) is 4.98 Å². The third-order valence-electron chi connectivity index (χ3n) is 4.72. The van der Waals surface area contributed by atoms with E-state index in [0.29, 0.717) is 12.5 Å². The third kappa shape index (κ3) is 4.15. The summed E-state index contributed by atoms with van der Waals surface area (Å²) >= 11 is 0. The van der Waals surface area contributed by atoms with E-state index in [-0.39, 0.29) is 11.9 Å². The molecule has 0 aliphatic heterocycles. The van der Waals surface area contributed by atoms with Crippen LogP contribution in [0.2, 0.25) is 0 Å². The first-order chi connectivity index (χ1) is 11.2. The number of benzene rings is 1. The molecule has 1 aliphatic rings. The van der Waals surface area contributed by atoms with Gasteiger partial charge in [-0.2, -0.15) is 0 Å². The number of halogens is 1. The number of nitrogens with one attached hydrogen (secondary N) is 1. The van der Waals surface area contributed by atoms with Crippen LogP contribution in [0.5, 0.6) is 0 Å². The SMILES string of the molecule is OC(CNC(c1ccc(F)cc1)C1CCCC1)c1ccncc1. The molecule has 1 aromatic heterocycles. The molecule has 0 saturated heterocycles. The molecule has 2 aromatic rings. The van der Waals surface area contributed by atoms with Crippen molar-refractivity contribution in [3.05, 3.63) is 65.7 Å². The van der Waals surface area contributed by atoms with Crippen molar-refractivity contribution in [3.8, 4) is 0 Å². The molecule has 2 N–H and O–H groups in total. The largest absolute Gasteiger partial charge is 0.387 e. The zero-order valence-corrected chi connectivity index (χ0v) is 13.2. The fraction of sp³-hybridized carbons (Fsp3) is 0.421. The van der Waals surface area contributed by atoms with Crippen molar-refractivity contribution in [3.63, 3.8) is 0 Å². The summed E-state index contributed by atoms with van der Waals surface area (Å²) in [7, 11) is 0. The van der Waals surface area contributed by atoms with Crippen LogP contribution in [0.4, 0.5) is 4.39 Å². The Balaban J connectivity index is 1.70. The van der Waals surface area contributed by atoms with E-state index >= 15 is 0 Å². The van der Waals surface area contributed by atoms with Crippen LogP contribution in [0, 0.1) is 11.7 Å². The van der Waals surface area contributed by atoms with Crippen LogP contribution < -0.4 is 5.32 Å². The van der Waals surface area contributed by atoms with E-state index in [1.807, 2.05) is 24.3 Å². The summed E-state index contributed by atoms with van der Waals surface area (Å²) in [6, 6.07) is 10.5. The molecule has 3 rings (SSSR count). The summed E-state index contributed by atoms with van der Waals surface area (Å²) in [5, 5.41) is 13.9. The summed E-state index contributed by atoms with van der Waals surface area (Å²) in [6.07, 6.45) is 7.66. The molecular weight excluding hydrogens is 291 g/mol. The van der Waals surface area contributed by atoms with E-state index in [9.17, 15) is 9.50 Å². The third-order valence-corrected chi connectivity index (χ3v) is 4.72. The maximum Gasteiger partial charge on any atom is 0.123 e. The molecule has 1 heterocycles.